The number of hydrazone groups is 1. The van der Waals surface area contributed by atoms with E-state index >= 15 is 0 Å². The first-order chi connectivity index (χ1) is 9.58. The summed E-state index contributed by atoms with van der Waals surface area (Å²) in [6, 6.07) is 18.3. The van der Waals surface area contributed by atoms with Crippen molar-refractivity contribution in [2.75, 3.05) is 7.05 Å². The van der Waals surface area contributed by atoms with Crippen molar-refractivity contribution in [3.05, 3.63) is 71.3 Å². The van der Waals surface area contributed by atoms with Crippen LogP contribution in [0.25, 0.3) is 0 Å². The lowest BCUT2D eigenvalue weighted by Gasteiger charge is -2.15. The van der Waals surface area contributed by atoms with Gasteiger partial charge in [0.25, 0.3) is 0 Å². The average Bonchev–Trinajstić information content (AvgIpc) is 2.48. The van der Waals surface area contributed by atoms with Gasteiger partial charge in [-0.05, 0) is 19.4 Å². The highest BCUT2D eigenvalue weighted by molar-refractivity contribution is 7.80. The Balaban J connectivity index is 2.17. The van der Waals surface area contributed by atoms with Crippen LogP contribution in [-0.2, 0) is 0 Å². The Morgan fingerprint density at radius 1 is 0.950 bits per heavy atom. The van der Waals surface area contributed by atoms with Crippen molar-refractivity contribution in [1.29, 1.82) is 0 Å². The smallest absolute Gasteiger partial charge is 0.129 e. The fourth-order valence-electron chi connectivity index (χ4n) is 1.89. The predicted octanol–water partition coefficient (Wildman–Crippen LogP) is 4.03. The molecule has 0 aromatic heterocycles. The maximum Gasteiger partial charge on any atom is 0.129 e. The van der Waals surface area contributed by atoms with E-state index in [4.69, 9.17) is 12.2 Å². The molecule has 0 spiro atoms. The minimum absolute atomic E-state index is 0.720. The fraction of sp³-hybridized carbons (Fsp3) is 0.176. The summed E-state index contributed by atoms with van der Waals surface area (Å²) in [5, 5.41) is 6.31. The average molecular weight is 282 g/mol. The van der Waals surface area contributed by atoms with Crippen molar-refractivity contribution >= 4 is 22.9 Å². The highest BCUT2D eigenvalue weighted by Gasteiger charge is 2.06. The Bertz CT molecular complexity index is 615. The first-order valence-corrected chi connectivity index (χ1v) is 6.94. The van der Waals surface area contributed by atoms with E-state index in [1.54, 1.807) is 5.01 Å². The third-order valence-electron chi connectivity index (χ3n) is 3.08. The minimum atomic E-state index is 0.720. The molecule has 20 heavy (non-hydrogen) atoms. The molecule has 0 heterocycles. The third-order valence-corrected chi connectivity index (χ3v) is 3.58. The van der Waals surface area contributed by atoms with Crippen molar-refractivity contribution in [3.8, 4) is 0 Å². The first-order valence-electron chi connectivity index (χ1n) is 6.53. The van der Waals surface area contributed by atoms with Crippen LogP contribution in [0, 0.1) is 6.92 Å². The van der Waals surface area contributed by atoms with Crippen molar-refractivity contribution in [2.24, 2.45) is 5.10 Å². The zero-order valence-corrected chi connectivity index (χ0v) is 12.8. The van der Waals surface area contributed by atoms with E-state index in [1.165, 1.54) is 5.56 Å². The van der Waals surface area contributed by atoms with Gasteiger partial charge in [-0.15, -0.1) is 0 Å². The number of nitrogens with zero attached hydrogens (tertiary/aromatic N) is 2. The summed E-state index contributed by atoms with van der Waals surface area (Å²) in [6.07, 6.45) is 0. The van der Waals surface area contributed by atoms with Gasteiger partial charge in [0.05, 0.1) is 5.71 Å². The second kappa shape index (κ2) is 6.44. The second-order valence-corrected chi connectivity index (χ2v) is 5.13. The normalized spacial score (nSPS) is 11.2. The molecule has 0 radical (unpaired) electrons. The lowest BCUT2D eigenvalue weighted by atomic mass is 10.1. The summed E-state index contributed by atoms with van der Waals surface area (Å²) in [6.45, 7) is 4.07. The Morgan fingerprint density at radius 3 is 2.15 bits per heavy atom. The van der Waals surface area contributed by atoms with Gasteiger partial charge < -0.3 is 0 Å². The highest BCUT2D eigenvalue weighted by atomic mass is 32.1. The van der Waals surface area contributed by atoms with Crippen molar-refractivity contribution in [3.63, 3.8) is 0 Å². The summed E-state index contributed by atoms with van der Waals surface area (Å²) in [4.78, 5) is 0.720. The van der Waals surface area contributed by atoms with E-state index in [0.29, 0.717) is 0 Å². The summed E-state index contributed by atoms with van der Waals surface area (Å²) < 4.78 is 0. The highest BCUT2D eigenvalue weighted by Crippen LogP contribution is 2.08. The third kappa shape index (κ3) is 3.52. The molecule has 0 aliphatic rings. The van der Waals surface area contributed by atoms with Crippen LogP contribution in [0.3, 0.4) is 0 Å². The van der Waals surface area contributed by atoms with Crippen LogP contribution in [0.15, 0.2) is 59.7 Å². The first kappa shape index (κ1) is 14.4. The van der Waals surface area contributed by atoms with E-state index in [0.717, 1.165) is 21.8 Å². The molecule has 0 N–H and O–H groups in total. The topological polar surface area (TPSA) is 15.6 Å². The molecule has 0 atom stereocenters. The largest absolute Gasteiger partial charge is 0.257 e. The molecule has 0 aliphatic carbocycles. The monoisotopic (exact) mass is 282 g/mol. The Labute approximate surface area is 125 Å². The lowest BCUT2D eigenvalue weighted by molar-refractivity contribution is 0.555. The van der Waals surface area contributed by atoms with Gasteiger partial charge in [0.15, 0.2) is 0 Å². The van der Waals surface area contributed by atoms with E-state index < -0.39 is 0 Å². The number of rotatable bonds is 3. The molecule has 0 saturated heterocycles. The summed E-state index contributed by atoms with van der Waals surface area (Å²) in [5.41, 5.74) is 4.31. The Kier molecular flexibility index (Phi) is 4.64. The minimum Gasteiger partial charge on any atom is -0.257 e. The van der Waals surface area contributed by atoms with E-state index in [2.05, 4.69) is 36.3 Å². The molecule has 0 bridgehead atoms. The Hall–Kier alpha value is -2.00. The standard InChI is InChI=1S/C17H18N2S/c1-13-9-11-15(12-10-13)14(2)18-19(3)17(20)16-7-5-4-6-8-16/h4-12H,1-3H3. The van der Waals surface area contributed by atoms with Gasteiger partial charge in [-0.1, -0.05) is 72.4 Å². The van der Waals surface area contributed by atoms with Crippen LogP contribution in [0.5, 0.6) is 0 Å². The van der Waals surface area contributed by atoms with E-state index in [-0.39, 0.29) is 0 Å². The summed E-state index contributed by atoms with van der Waals surface area (Å²) in [5.74, 6) is 0. The maximum atomic E-state index is 5.45. The molecule has 0 unspecified atom stereocenters. The zero-order valence-electron chi connectivity index (χ0n) is 12.0. The summed E-state index contributed by atoms with van der Waals surface area (Å²) >= 11 is 5.45. The quantitative estimate of drug-likeness (QED) is 0.480. The van der Waals surface area contributed by atoms with Gasteiger partial charge in [0.2, 0.25) is 0 Å². The van der Waals surface area contributed by atoms with Gasteiger partial charge in [-0.3, -0.25) is 5.01 Å². The van der Waals surface area contributed by atoms with Gasteiger partial charge in [-0.2, -0.15) is 5.10 Å². The number of thiocarbonyl (C=S) groups is 1. The van der Waals surface area contributed by atoms with E-state index in [9.17, 15) is 0 Å². The predicted molar refractivity (Wildman–Crippen MR) is 89.3 cm³/mol. The molecular formula is C17H18N2S. The van der Waals surface area contributed by atoms with Crippen LogP contribution in [-0.4, -0.2) is 22.8 Å². The van der Waals surface area contributed by atoms with Crippen molar-refractivity contribution in [2.45, 2.75) is 13.8 Å². The molecule has 2 rings (SSSR count). The van der Waals surface area contributed by atoms with Crippen molar-refractivity contribution < 1.29 is 0 Å². The lowest BCUT2D eigenvalue weighted by Crippen LogP contribution is -2.21. The van der Waals surface area contributed by atoms with Gasteiger partial charge in [0, 0.05) is 12.6 Å². The molecular weight excluding hydrogens is 264 g/mol. The molecule has 0 saturated carbocycles. The summed E-state index contributed by atoms with van der Waals surface area (Å²) in [7, 11) is 1.88. The molecule has 3 heteroatoms. The molecule has 0 fully saturated rings. The molecule has 0 aliphatic heterocycles. The molecule has 2 aromatic carbocycles. The van der Waals surface area contributed by atoms with Crippen LogP contribution in [0.4, 0.5) is 0 Å². The zero-order chi connectivity index (χ0) is 14.5. The Morgan fingerprint density at radius 2 is 1.55 bits per heavy atom. The molecule has 2 aromatic rings. The van der Waals surface area contributed by atoms with Crippen LogP contribution >= 0.6 is 12.2 Å². The van der Waals surface area contributed by atoms with Crippen LogP contribution < -0.4 is 0 Å². The van der Waals surface area contributed by atoms with Gasteiger partial charge >= 0.3 is 0 Å². The van der Waals surface area contributed by atoms with Gasteiger partial charge in [-0.25, -0.2) is 0 Å². The molecule has 2 nitrogen and oxygen atoms in total. The van der Waals surface area contributed by atoms with Crippen LogP contribution in [0.1, 0.15) is 23.6 Å². The number of hydrogen-bond acceptors (Lipinski definition) is 2. The number of benzene rings is 2. The van der Waals surface area contributed by atoms with Gasteiger partial charge in [0.1, 0.15) is 4.99 Å². The molecule has 0 amide bonds. The second-order valence-electron chi connectivity index (χ2n) is 4.75. The van der Waals surface area contributed by atoms with E-state index in [1.807, 2.05) is 44.3 Å². The van der Waals surface area contributed by atoms with Crippen LogP contribution in [0.2, 0.25) is 0 Å². The maximum absolute atomic E-state index is 5.45. The number of hydrogen-bond donors (Lipinski definition) is 0. The van der Waals surface area contributed by atoms with Crippen molar-refractivity contribution in [1.82, 2.24) is 5.01 Å². The molecule has 102 valence electrons. The SMILES string of the molecule is CC(=NN(C)C(=S)c1ccccc1)c1ccc(C)cc1. The fourth-order valence-corrected chi connectivity index (χ4v) is 2.07. The number of aryl methyl sites for hydroxylation is 1.